The molecule has 0 amide bonds. The van der Waals surface area contributed by atoms with E-state index in [1.165, 1.54) is 5.56 Å². The molecule has 1 atom stereocenters. The Morgan fingerprint density at radius 1 is 1.24 bits per heavy atom. The average molecular weight is 253 g/mol. The van der Waals surface area contributed by atoms with Crippen molar-refractivity contribution in [2.75, 3.05) is 18.1 Å². The summed E-state index contributed by atoms with van der Waals surface area (Å²) in [6.45, 7) is 1.76. The first-order chi connectivity index (χ1) is 8.16. The van der Waals surface area contributed by atoms with E-state index in [2.05, 4.69) is 17.4 Å². The summed E-state index contributed by atoms with van der Waals surface area (Å²) < 4.78 is 22.5. The first kappa shape index (κ1) is 12.6. The van der Waals surface area contributed by atoms with E-state index in [4.69, 9.17) is 0 Å². The molecule has 1 aliphatic rings. The normalized spacial score (nSPS) is 22.7. The zero-order valence-corrected chi connectivity index (χ0v) is 10.7. The van der Waals surface area contributed by atoms with Gasteiger partial charge in [-0.05, 0) is 30.9 Å². The third-order valence-corrected chi connectivity index (χ3v) is 5.07. The highest BCUT2D eigenvalue weighted by Crippen LogP contribution is 2.20. The Morgan fingerprint density at radius 3 is 2.65 bits per heavy atom. The van der Waals surface area contributed by atoms with Gasteiger partial charge in [0.15, 0.2) is 9.84 Å². The molecule has 0 bridgehead atoms. The van der Waals surface area contributed by atoms with Crippen LogP contribution in [0.4, 0.5) is 0 Å². The van der Waals surface area contributed by atoms with E-state index in [1.807, 2.05) is 18.2 Å². The molecule has 1 saturated heterocycles. The fraction of sp³-hybridized carbons (Fsp3) is 0.538. The minimum atomic E-state index is -2.71. The molecule has 4 heteroatoms. The number of sulfone groups is 1. The lowest BCUT2D eigenvalue weighted by Crippen LogP contribution is -2.18. The predicted octanol–water partition coefficient (Wildman–Crippen LogP) is 1.60. The maximum absolute atomic E-state index is 11.3. The van der Waals surface area contributed by atoms with Gasteiger partial charge in [-0.1, -0.05) is 30.3 Å². The van der Waals surface area contributed by atoms with Crippen molar-refractivity contribution < 1.29 is 8.42 Å². The minimum absolute atomic E-state index is 0.364. The lowest BCUT2D eigenvalue weighted by Gasteiger charge is -2.08. The van der Waals surface area contributed by atoms with Crippen molar-refractivity contribution in [3.8, 4) is 0 Å². The lowest BCUT2D eigenvalue weighted by molar-refractivity contribution is 0.508. The molecule has 2 rings (SSSR count). The summed E-state index contributed by atoms with van der Waals surface area (Å²) in [6, 6.07) is 10.2. The molecule has 1 fully saturated rings. The van der Waals surface area contributed by atoms with E-state index in [-0.39, 0.29) is 0 Å². The molecule has 1 aromatic rings. The first-order valence-corrected chi connectivity index (χ1v) is 7.93. The fourth-order valence-corrected chi connectivity index (χ4v) is 4.15. The molecule has 3 nitrogen and oxygen atoms in total. The van der Waals surface area contributed by atoms with Crippen molar-refractivity contribution in [2.45, 2.75) is 19.4 Å². The second-order valence-electron chi connectivity index (χ2n) is 4.72. The molecule has 1 N–H and O–H groups in total. The smallest absolute Gasteiger partial charge is 0.150 e. The quantitative estimate of drug-likeness (QED) is 0.811. The highest BCUT2D eigenvalue weighted by molar-refractivity contribution is 7.91. The fourth-order valence-electron chi connectivity index (χ4n) is 2.23. The molecule has 17 heavy (non-hydrogen) atoms. The van der Waals surface area contributed by atoms with Crippen LogP contribution >= 0.6 is 0 Å². The summed E-state index contributed by atoms with van der Waals surface area (Å²) in [5.74, 6) is 1.14. The summed E-state index contributed by atoms with van der Waals surface area (Å²) in [6.07, 6.45) is 1.81. The van der Waals surface area contributed by atoms with Crippen LogP contribution in [0.2, 0.25) is 0 Å². The molecular formula is C13H19NO2S. The number of hydrogen-bond donors (Lipinski definition) is 1. The zero-order chi connectivity index (χ0) is 12.1. The summed E-state index contributed by atoms with van der Waals surface area (Å²) in [5, 5.41) is 3.36. The van der Waals surface area contributed by atoms with Crippen LogP contribution in [0.1, 0.15) is 18.4 Å². The molecule has 1 heterocycles. The van der Waals surface area contributed by atoms with Crippen molar-refractivity contribution in [2.24, 2.45) is 5.92 Å². The van der Waals surface area contributed by atoms with E-state index >= 15 is 0 Å². The van der Waals surface area contributed by atoms with Crippen LogP contribution in [0.25, 0.3) is 0 Å². The molecule has 94 valence electrons. The maximum Gasteiger partial charge on any atom is 0.150 e. The molecule has 0 aliphatic carbocycles. The molecule has 1 aromatic carbocycles. The largest absolute Gasteiger partial charge is 0.313 e. The van der Waals surface area contributed by atoms with Gasteiger partial charge in [0.1, 0.15) is 0 Å². The van der Waals surface area contributed by atoms with Gasteiger partial charge >= 0.3 is 0 Å². The number of nitrogens with one attached hydrogen (secondary N) is 1. The summed E-state index contributed by atoms with van der Waals surface area (Å²) in [4.78, 5) is 0. The average Bonchev–Trinajstić information content (AvgIpc) is 2.66. The summed E-state index contributed by atoms with van der Waals surface area (Å²) in [7, 11) is -2.71. The van der Waals surface area contributed by atoms with Gasteiger partial charge in [-0.25, -0.2) is 8.42 Å². The molecule has 1 unspecified atom stereocenters. The third kappa shape index (κ3) is 4.13. The summed E-state index contributed by atoms with van der Waals surface area (Å²) >= 11 is 0. The first-order valence-electron chi connectivity index (χ1n) is 6.11. The summed E-state index contributed by atoms with van der Waals surface area (Å²) in [5.41, 5.74) is 1.27. The Kier molecular flexibility index (Phi) is 4.18. The van der Waals surface area contributed by atoms with Gasteiger partial charge in [-0.2, -0.15) is 0 Å². The zero-order valence-electron chi connectivity index (χ0n) is 9.93. The number of rotatable bonds is 5. The topological polar surface area (TPSA) is 46.2 Å². The molecule has 1 aliphatic heterocycles. The SMILES string of the molecule is O=S1(=O)CCC(CCNCc2ccccc2)C1. The molecule has 0 spiro atoms. The minimum Gasteiger partial charge on any atom is -0.313 e. The number of benzene rings is 1. The van der Waals surface area contributed by atoms with Crippen molar-refractivity contribution in [3.05, 3.63) is 35.9 Å². The van der Waals surface area contributed by atoms with E-state index in [0.29, 0.717) is 17.4 Å². The third-order valence-electron chi connectivity index (χ3n) is 3.23. The van der Waals surface area contributed by atoms with Crippen molar-refractivity contribution >= 4 is 9.84 Å². The standard InChI is InChI=1S/C13H19NO2S/c15-17(16)9-7-13(11-17)6-8-14-10-12-4-2-1-3-5-12/h1-5,13-14H,6-11H2. The highest BCUT2D eigenvalue weighted by atomic mass is 32.2. The molecule has 0 saturated carbocycles. The van der Waals surface area contributed by atoms with Crippen LogP contribution in [-0.2, 0) is 16.4 Å². The highest BCUT2D eigenvalue weighted by Gasteiger charge is 2.26. The molecule has 0 radical (unpaired) electrons. The Hall–Kier alpha value is -0.870. The van der Waals surface area contributed by atoms with E-state index in [1.54, 1.807) is 0 Å². The van der Waals surface area contributed by atoms with Crippen LogP contribution in [0.15, 0.2) is 30.3 Å². The van der Waals surface area contributed by atoms with Gasteiger partial charge in [0.25, 0.3) is 0 Å². The van der Waals surface area contributed by atoms with Crippen molar-refractivity contribution in [1.29, 1.82) is 0 Å². The second kappa shape index (κ2) is 5.65. The maximum atomic E-state index is 11.3. The van der Waals surface area contributed by atoms with Gasteiger partial charge in [0, 0.05) is 6.54 Å². The van der Waals surface area contributed by atoms with Gasteiger partial charge in [0.05, 0.1) is 11.5 Å². The van der Waals surface area contributed by atoms with Crippen molar-refractivity contribution in [1.82, 2.24) is 5.32 Å². The van der Waals surface area contributed by atoms with Crippen molar-refractivity contribution in [3.63, 3.8) is 0 Å². The van der Waals surface area contributed by atoms with Gasteiger partial charge < -0.3 is 5.32 Å². The van der Waals surface area contributed by atoms with Gasteiger partial charge in [-0.3, -0.25) is 0 Å². The Balaban J connectivity index is 1.64. The Labute approximate surface area is 103 Å². The number of hydrogen-bond acceptors (Lipinski definition) is 3. The van der Waals surface area contributed by atoms with Crippen LogP contribution in [0.3, 0.4) is 0 Å². The van der Waals surface area contributed by atoms with Crippen LogP contribution < -0.4 is 5.32 Å². The van der Waals surface area contributed by atoms with E-state index in [0.717, 1.165) is 25.9 Å². The second-order valence-corrected chi connectivity index (χ2v) is 6.95. The van der Waals surface area contributed by atoms with E-state index < -0.39 is 9.84 Å². The van der Waals surface area contributed by atoms with Gasteiger partial charge in [0.2, 0.25) is 0 Å². The van der Waals surface area contributed by atoms with E-state index in [9.17, 15) is 8.42 Å². The Bertz CT molecular complexity index is 442. The van der Waals surface area contributed by atoms with Gasteiger partial charge in [-0.15, -0.1) is 0 Å². The monoisotopic (exact) mass is 253 g/mol. The lowest BCUT2D eigenvalue weighted by atomic mass is 10.1. The Morgan fingerprint density at radius 2 is 2.00 bits per heavy atom. The van der Waals surface area contributed by atoms with Crippen LogP contribution in [0, 0.1) is 5.92 Å². The molecular weight excluding hydrogens is 234 g/mol. The molecule has 0 aromatic heterocycles. The van der Waals surface area contributed by atoms with Crippen LogP contribution in [-0.4, -0.2) is 26.5 Å². The van der Waals surface area contributed by atoms with Crippen LogP contribution in [0.5, 0.6) is 0 Å². The predicted molar refractivity (Wildman–Crippen MR) is 69.5 cm³/mol.